The number of aliphatic hydroxyl groups is 1. The molecular formula is C17H29N5O2. The number of unbranched alkanes of at least 4 members (excludes halogenated alkanes) is 3. The standard InChI is InChI=1S/C17H29N5O2/c1-21(10-4-2-3-5-13-23)14-8-11-22(12-9-14)16-7-6-15(17(18)24)19-20-16/h6-7,14,23H,2-5,8-13H2,1H3,(H2,18,24). The summed E-state index contributed by atoms with van der Waals surface area (Å²) in [5.41, 5.74) is 5.39. The molecule has 1 saturated heterocycles. The molecule has 0 saturated carbocycles. The van der Waals surface area contributed by atoms with E-state index in [4.69, 9.17) is 10.8 Å². The van der Waals surface area contributed by atoms with E-state index in [1.165, 1.54) is 12.8 Å². The van der Waals surface area contributed by atoms with Crippen LogP contribution in [0.15, 0.2) is 12.1 Å². The largest absolute Gasteiger partial charge is 0.396 e. The number of hydrogen-bond donors (Lipinski definition) is 2. The van der Waals surface area contributed by atoms with Crippen molar-refractivity contribution in [3.05, 3.63) is 17.8 Å². The Morgan fingerprint density at radius 2 is 1.96 bits per heavy atom. The molecule has 1 amide bonds. The molecule has 134 valence electrons. The molecule has 1 aliphatic heterocycles. The van der Waals surface area contributed by atoms with Crippen LogP contribution < -0.4 is 10.6 Å². The summed E-state index contributed by atoms with van der Waals surface area (Å²) in [4.78, 5) is 15.7. The number of nitrogens with zero attached hydrogens (tertiary/aromatic N) is 4. The predicted molar refractivity (Wildman–Crippen MR) is 94.0 cm³/mol. The quantitative estimate of drug-likeness (QED) is 0.654. The van der Waals surface area contributed by atoms with Crippen LogP contribution in [0.2, 0.25) is 0 Å². The van der Waals surface area contributed by atoms with Gasteiger partial charge in [0.15, 0.2) is 11.5 Å². The Morgan fingerprint density at radius 3 is 2.54 bits per heavy atom. The third-order valence-corrected chi connectivity index (χ3v) is 4.73. The number of amides is 1. The van der Waals surface area contributed by atoms with E-state index >= 15 is 0 Å². The Kier molecular flexibility index (Phi) is 7.39. The summed E-state index contributed by atoms with van der Waals surface area (Å²) >= 11 is 0. The van der Waals surface area contributed by atoms with Crippen molar-refractivity contribution in [3.63, 3.8) is 0 Å². The second kappa shape index (κ2) is 9.54. The maximum atomic E-state index is 11.0. The van der Waals surface area contributed by atoms with E-state index in [-0.39, 0.29) is 5.69 Å². The minimum absolute atomic E-state index is 0.203. The second-order valence-corrected chi connectivity index (χ2v) is 6.48. The third kappa shape index (κ3) is 5.42. The number of rotatable bonds is 9. The molecule has 0 aliphatic carbocycles. The van der Waals surface area contributed by atoms with E-state index in [1.54, 1.807) is 6.07 Å². The van der Waals surface area contributed by atoms with Gasteiger partial charge in [-0.15, -0.1) is 10.2 Å². The first-order valence-corrected chi connectivity index (χ1v) is 8.81. The topological polar surface area (TPSA) is 95.6 Å². The number of primary amides is 1. The van der Waals surface area contributed by atoms with Crippen molar-refractivity contribution in [2.75, 3.05) is 38.2 Å². The van der Waals surface area contributed by atoms with Gasteiger partial charge in [0.2, 0.25) is 0 Å². The monoisotopic (exact) mass is 335 g/mol. The summed E-state index contributed by atoms with van der Waals surface area (Å²) < 4.78 is 0. The summed E-state index contributed by atoms with van der Waals surface area (Å²) in [6.45, 7) is 3.31. The first kappa shape index (κ1) is 18.6. The fourth-order valence-corrected chi connectivity index (χ4v) is 3.17. The Balaban J connectivity index is 1.73. The van der Waals surface area contributed by atoms with Gasteiger partial charge in [0.05, 0.1) is 0 Å². The lowest BCUT2D eigenvalue weighted by Gasteiger charge is -2.37. The first-order chi connectivity index (χ1) is 11.6. The highest BCUT2D eigenvalue weighted by Gasteiger charge is 2.23. The van der Waals surface area contributed by atoms with Crippen LogP contribution in [0.4, 0.5) is 5.82 Å². The highest BCUT2D eigenvalue weighted by Crippen LogP contribution is 2.20. The van der Waals surface area contributed by atoms with E-state index in [0.717, 1.165) is 51.1 Å². The number of carbonyl (C=O) groups is 1. The molecule has 2 rings (SSSR count). The molecule has 1 aliphatic rings. The van der Waals surface area contributed by atoms with E-state index in [2.05, 4.69) is 27.0 Å². The van der Waals surface area contributed by atoms with Gasteiger partial charge in [-0.3, -0.25) is 4.79 Å². The fourth-order valence-electron chi connectivity index (χ4n) is 3.17. The van der Waals surface area contributed by atoms with Gasteiger partial charge in [0, 0.05) is 25.7 Å². The number of aromatic nitrogens is 2. The molecule has 2 heterocycles. The summed E-state index contributed by atoms with van der Waals surface area (Å²) in [6, 6.07) is 4.06. The lowest BCUT2D eigenvalue weighted by atomic mass is 10.0. The summed E-state index contributed by atoms with van der Waals surface area (Å²) in [5.74, 6) is 0.262. The smallest absolute Gasteiger partial charge is 0.269 e. The predicted octanol–water partition coefficient (Wildman–Crippen LogP) is 1.03. The van der Waals surface area contributed by atoms with Gasteiger partial charge in [-0.25, -0.2) is 0 Å². The lowest BCUT2D eigenvalue weighted by Crippen LogP contribution is -2.44. The Hall–Kier alpha value is -1.73. The average Bonchev–Trinajstić information content (AvgIpc) is 2.61. The van der Waals surface area contributed by atoms with Gasteiger partial charge in [0.25, 0.3) is 5.91 Å². The zero-order valence-corrected chi connectivity index (χ0v) is 14.5. The zero-order valence-electron chi connectivity index (χ0n) is 14.5. The molecule has 0 atom stereocenters. The number of anilines is 1. The molecule has 3 N–H and O–H groups in total. The molecule has 24 heavy (non-hydrogen) atoms. The molecule has 1 aromatic heterocycles. The molecule has 1 aromatic rings. The van der Waals surface area contributed by atoms with Crippen LogP contribution in [0, 0.1) is 0 Å². The normalized spacial score (nSPS) is 15.9. The highest BCUT2D eigenvalue weighted by atomic mass is 16.2. The minimum atomic E-state index is -0.548. The van der Waals surface area contributed by atoms with Gasteiger partial charge >= 0.3 is 0 Å². The third-order valence-electron chi connectivity index (χ3n) is 4.73. The molecule has 7 nitrogen and oxygen atoms in total. The van der Waals surface area contributed by atoms with Gasteiger partial charge < -0.3 is 20.6 Å². The number of piperidine rings is 1. The second-order valence-electron chi connectivity index (χ2n) is 6.48. The SMILES string of the molecule is CN(CCCCCCO)C1CCN(c2ccc(C(N)=O)nn2)CC1. The maximum Gasteiger partial charge on any atom is 0.269 e. The number of nitrogens with two attached hydrogens (primary N) is 1. The van der Waals surface area contributed by atoms with Gasteiger partial charge in [0.1, 0.15) is 0 Å². The van der Waals surface area contributed by atoms with Gasteiger partial charge in [-0.1, -0.05) is 12.8 Å². The van der Waals surface area contributed by atoms with Crippen LogP contribution >= 0.6 is 0 Å². The minimum Gasteiger partial charge on any atom is -0.396 e. The Bertz CT molecular complexity index is 500. The number of hydrogen-bond acceptors (Lipinski definition) is 6. The van der Waals surface area contributed by atoms with Crippen LogP contribution in [0.3, 0.4) is 0 Å². The highest BCUT2D eigenvalue weighted by molar-refractivity contribution is 5.90. The van der Waals surface area contributed by atoms with Crippen LogP contribution in [0.5, 0.6) is 0 Å². The van der Waals surface area contributed by atoms with Crippen LogP contribution in [0.25, 0.3) is 0 Å². The van der Waals surface area contributed by atoms with Crippen LogP contribution in [-0.2, 0) is 0 Å². The Morgan fingerprint density at radius 1 is 1.25 bits per heavy atom. The first-order valence-electron chi connectivity index (χ1n) is 8.81. The van der Waals surface area contributed by atoms with Crippen molar-refractivity contribution in [1.29, 1.82) is 0 Å². The molecule has 1 fully saturated rings. The summed E-state index contributed by atoms with van der Waals surface area (Å²) in [7, 11) is 2.20. The number of carbonyl (C=O) groups excluding carboxylic acids is 1. The van der Waals surface area contributed by atoms with E-state index in [1.807, 2.05) is 6.07 Å². The van der Waals surface area contributed by atoms with Crippen LogP contribution in [-0.4, -0.2) is 65.4 Å². The van der Waals surface area contributed by atoms with E-state index in [0.29, 0.717) is 12.6 Å². The fraction of sp³-hybridized carbons (Fsp3) is 0.706. The molecule has 0 unspecified atom stereocenters. The van der Waals surface area contributed by atoms with Crippen molar-refractivity contribution in [2.45, 2.75) is 44.6 Å². The van der Waals surface area contributed by atoms with Crippen molar-refractivity contribution in [1.82, 2.24) is 15.1 Å². The Labute approximate surface area is 143 Å². The molecular weight excluding hydrogens is 306 g/mol. The average molecular weight is 335 g/mol. The maximum absolute atomic E-state index is 11.0. The molecule has 0 bridgehead atoms. The van der Waals surface area contributed by atoms with Crippen molar-refractivity contribution >= 4 is 11.7 Å². The molecule has 0 aromatic carbocycles. The van der Waals surface area contributed by atoms with E-state index in [9.17, 15) is 4.79 Å². The van der Waals surface area contributed by atoms with Gasteiger partial charge in [-0.2, -0.15) is 0 Å². The van der Waals surface area contributed by atoms with Gasteiger partial charge in [-0.05, 0) is 51.4 Å². The number of aliphatic hydroxyl groups excluding tert-OH is 1. The van der Waals surface area contributed by atoms with Crippen LogP contribution in [0.1, 0.15) is 49.0 Å². The van der Waals surface area contributed by atoms with Crippen molar-refractivity contribution < 1.29 is 9.90 Å². The van der Waals surface area contributed by atoms with Crippen molar-refractivity contribution in [2.24, 2.45) is 5.73 Å². The summed E-state index contributed by atoms with van der Waals surface area (Å²) in [6.07, 6.45) is 6.61. The lowest BCUT2D eigenvalue weighted by molar-refractivity contribution is 0.0994. The summed E-state index contributed by atoms with van der Waals surface area (Å²) in [5, 5.41) is 16.8. The van der Waals surface area contributed by atoms with Crippen molar-refractivity contribution in [3.8, 4) is 0 Å². The molecule has 7 heteroatoms. The molecule has 0 radical (unpaired) electrons. The van der Waals surface area contributed by atoms with E-state index < -0.39 is 5.91 Å². The molecule has 0 spiro atoms. The zero-order chi connectivity index (χ0) is 17.4.